The number of rotatable bonds is 4. The highest BCUT2D eigenvalue weighted by Gasteiger charge is 2.09. The fourth-order valence-electron chi connectivity index (χ4n) is 1.62. The van der Waals surface area contributed by atoms with Crippen molar-refractivity contribution in [3.05, 3.63) is 69.7 Å². The average molecular weight is 320 g/mol. The minimum atomic E-state index is -0.261. The number of carbonyl (C=O) groups excluding carboxylic acids is 1. The van der Waals surface area contributed by atoms with Crippen LogP contribution in [-0.4, -0.2) is 5.91 Å². The Hall–Kier alpha value is -1.65. The molecule has 1 amide bonds. The van der Waals surface area contributed by atoms with E-state index in [4.69, 9.17) is 4.84 Å². The summed E-state index contributed by atoms with van der Waals surface area (Å²) in [5.41, 5.74) is 5.09. The van der Waals surface area contributed by atoms with Gasteiger partial charge < -0.3 is 0 Å². The fraction of sp³-hybridized carbons (Fsp3) is 0.133. The van der Waals surface area contributed by atoms with E-state index in [1.807, 2.05) is 49.4 Å². The molecular weight excluding hydrogens is 306 g/mol. The third-order valence-corrected chi connectivity index (χ3v) is 3.27. The Balaban J connectivity index is 1.91. The lowest BCUT2D eigenvalue weighted by Gasteiger charge is -2.08. The van der Waals surface area contributed by atoms with Crippen LogP contribution in [0.4, 0.5) is 0 Å². The molecule has 0 spiro atoms. The average Bonchev–Trinajstić information content (AvgIpc) is 2.39. The van der Waals surface area contributed by atoms with Gasteiger partial charge in [0.1, 0.15) is 0 Å². The Morgan fingerprint density at radius 2 is 1.95 bits per heavy atom. The Kier molecular flexibility index (Phi) is 4.71. The van der Waals surface area contributed by atoms with Crippen molar-refractivity contribution in [2.75, 3.05) is 0 Å². The summed E-state index contributed by atoms with van der Waals surface area (Å²) < 4.78 is 0.758. The summed E-state index contributed by atoms with van der Waals surface area (Å²) in [6.45, 7) is 2.31. The highest BCUT2D eigenvalue weighted by molar-refractivity contribution is 9.10. The molecule has 2 rings (SSSR count). The smallest absolute Gasteiger partial charge is 0.269 e. The first kappa shape index (κ1) is 13.8. The Bertz CT molecular complexity index is 570. The number of nitrogens with one attached hydrogen (secondary N) is 1. The summed E-state index contributed by atoms with van der Waals surface area (Å²) in [4.78, 5) is 17.1. The van der Waals surface area contributed by atoms with Gasteiger partial charge in [-0.2, -0.15) is 0 Å². The molecule has 3 nitrogen and oxygen atoms in total. The van der Waals surface area contributed by atoms with Gasteiger partial charge >= 0.3 is 0 Å². The molecular formula is C15H14BrNO2. The Morgan fingerprint density at radius 3 is 2.63 bits per heavy atom. The molecule has 2 aromatic carbocycles. The zero-order valence-corrected chi connectivity index (χ0v) is 12.1. The first-order valence-corrected chi connectivity index (χ1v) is 6.68. The predicted octanol–water partition coefficient (Wildman–Crippen LogP) is 3.62. The number of hydrogen-bond donors (Lipinski definition) is 1. The zero-order valence-electron chi connectivity index (χ0n) is 10.5. The summed E-state index contributed by atoms with van der Waals surface area (Å²) in [5, 5.41) is 0. The van der Waals surface area contributed by atoms with E-state index in [0.717, 1.165) is 15.6 Å². The number of carbonyl (C=O) groups is 1. The maximum Gasteiger partial charge on any atom is 0.275 e. The maximum atomic E-state index is 11.9. The molecule has 0 fully saturated rings. The zero-order chi connectivity index (χ0) is 13.7. The molecule has 0 radical (unpaired) electrons. The van der Waals surface area contributed by atoms with Crippen LogP contribution in [0.3, 0.4) is 0 Å². The monoisotopic (exact) mass is 319 g/mol. The summed E-state index contributed by atoms with van der Waals surface area (Å²) >= 11 is 3.37. The second-order valence-electron chi connectivity index (χ2n) is 4.19. The Labute approximate surface area is 120 Å². The van der Waals surface area contributed by atoms with Crippen LogP contribution in [-0.2, 0) is 11.4 Å². The lowest BCUT2D eigenvalue weighted by Crippen LogP contribution is -2.23. The molecule has 19 heavy (non-hydrogen) atoms. The van der Waals surface area contributed by atoms with Crippen molar-refractivity contribution in [3.8, 4) is 0 Å². The predicted molar refractivity (Wildman–Crippen MR) is 77.6 cm³/mol. The second kappa shape index (κ2) is 6.50. The van der Waals surface area contributed by atoms with E-state index >= 15 is 0 Å². The van der Waals surface area contributed by atoms with Crippen LogP contribution < -0.4 is 5.48 Å². The SMILES string of the molecule is Cc1ccc(C(=O)NOCc2ccccc2)c(Br)c1. The molecule has 0 saturated carbocycles. The van der Waals surface area contributed by atoms with Gasteiger partial charge in [0.15, 0.2) is 0 Å². The first-order chi connectivity index (χ1) is 9.16. The van der Waals surface area contributed by atoms with E-state index in [-0.39, 0.29) is 5.91 Å². The topological polar surface area (TPSA) is 38.3 Å². The minimum absolute atomic E-state index is 0.261. The number of amides is 1. The summed E-state index contributed by atoms with van der Waals surface area (Å²) in [6.07, 6.45) is 0. The van der Waals surface area contributed by atoms with E-state index in [2.05, 4.69) is 21.4 Å². The molecule has 0 atom stereocenters. The van der Waals surface area contributed by atoms with Crippen LogP contribution in [0.25, 0.3) is 0 Å². The molecule has 0 aliphatic carbocycles. The van der Waals surface area contributed by atoms with E-state index in [0.29, 0.717) is 12.2 Å². The highest BCUT2D eigenvalue weighted by atomic mass is 79.9. The van der Waals surface area contributed by atoms with Crippen molar-refractivity contribution >= 4 is 21.8 Å². The van der Waals surface area contributed by atoms with Crippen molar-refractivity contribution in [1.29, 1.82) is 0 Å². The number of benzene rings is 2. The molecule has 0 unspecified atom stereocenters. The number of aryl methyl sites for hydroxylation is 1. The van der Waals surface area contributed by atoms with Crippen molar-refractivity contribution in [2.45, 2.75) is 13.5 Å². The van der Waals surface area contributed by atoms with Crippen molar-refractivity contribution in [2.24, 2.45) is 0 Å². The van der Waals surface area contributed by atoms with Crippen molar-refractivity contribution < 1.29 is 9.63 Å². The lowest BCUT2D eigenvalue weighted by molar-refractivity contribution is 0.0233. The third-order valence-electron chi connectivity index (χ3n) is 2.62. The summed E-state index contributed by atoms with van der Waals surface area (Å²) in [7, 11) is 0. The quantitative estimate of drug-likeness (QED) is 0.874. The highest BCUT2D eigenvalue weighted by Crippen LogP contribution is 2.18. The molecule has 2 aromatic rings. The van der Waals surface area contributed by atoms with Gasteiger partial charge in [-0.15, -0.1) is 0 Å². The molecule has 0 aliphatic rings. The number of hydrogen-bond acceptors (Lipinski definition) is 2. The lowest BCUT2D eigenvalue weighted by atomic mass is 10.1. The van der Waals surface area contributed by atoms with E-state index < -0.39 is 0 Å². The van der Waals surface area contributed by atoms with Crippen molar-refractivity contribution in [1.82, 2.24) is 5.48 Å². The van der Waals surface area contributed by atoms with Crippen LogP contribution >= 0.6 is 15.9 Å². The van der Waals surface area contributed by atoms with Gasteiger partial charge in [0.2, 0.25) is 0 Å². The van der Waals surface area contributed by atoms with Crippen LogP contribution in [0.5, 0.6) is 0 Å². The summed E-state index contributed by atoms with van der Waals surface area (Å²) in [5.74, 6) is -0.261. The summed E-state index contributed by atoms with van der Waals surface area (Å²) in [6, 6.07) is 15.2. The van der Waals surface area contributed by atoms with Gasteiger partial charge in [0, 0.05) is 4.47 Å². The van der Waals surface area contributed by atoms with E-state index in [1.54, 1.807) is 6.07 Å². The number of halogens is 1. The van der Waals surface area contributed by atoms with Gasteiger partial charge in [0.05, 0.1) is 12.2 Å². The largest absolute Gasteiger partial charge is 0.275 e. The number of hydroxylamine groups is 1. The second-order valence-corrected chi connectivity index (χ2v) is 5.04. The van der Waals surface area contributed by atoms with Crippen LogP contribution in [0, 0.1) is 6.92 Å². The van der Waals surface area contributed by atoms with E-state index in [9.17, 15) is 4.79 Å². The normalized spacial score (nSPS) is 10.2. The molecule has 4 heteroatoms. The Morgan fingerprint density at radius 1 is 1.21 bits per heavy atom. The van der Waals surface area contributed by atoms with Gasteiger partial charge in [0.25, 0.3) is 5.91 Å². The standard InChI is InChI=1S/C15H14BrNO2/c1-11-7-8-13(14(16)9-11)15(18)17-19-10-12-5-3-2-4-6-12/h2-9H,10H2,1H3,(H,17,18). The molecule has 1 N–H and O–H groups in total. The van der Waals surface area contributed by atoms with Crippen LogP contribution in [0.1, 0.15) is 21.5 Å². The van der Waals surface area contributed by atoms with Crippen LogP contribution in [0.2, 0.25) is 0 Å². The molecule has 0 aromatic heterocycles. The fourth-order valence-corrected chi connectivity index (χ4v) is 2.29. The molecule has 0 saturated heterocycles. The molecule has 0 bridgehead atoms. The minimum Gasteiger partial charge on any atom is -0.269 e. The van der Waals surface area contributed by atoms with Crippen LogP contribution in [0.15, 0.2) is 53.0 Å². The maximum absolute atomic E-state index is 11.9. The third kappa shape index (κ3) is 3.91. The first-order valence-electron chi connectivity index (χ1n) is 5.89. The van der Waals surface area contributed by atoms with Crippen molar-refractivity contribution in [3.63, 3.8) is 0 Å². The van der Waals surface area contributed by atoms with Gasteiger partial charge in [-0.25, -0.2) is 5.48 Å². The van der Waals surface area contributed by atoms with Gasteiger partial charge in [-0.3, -0.25) is 9.63 Å². The molecule has 98 valence electrons. The molecule has 0 heterocycles. The van der Waals surface area contributed by atoms with Gasteiger partial charge in [-0.05, 0) is 46.1 Å². The molecule has 0 aliphatic heterocycles. The van der Waals surface area contributed by atoms with Gasteiger partial charge in [-0.1, -0.05) is 36.4 Å². The van der Waals surface area contributed by atoms with E-state index in [1.165, 1.54) is 0 Å².